The quantitative estimate of drug-likeness (QED) is 0.138. The van der Waals surface area contributed by atoms with Gasteiger partial charge in [0.15, 0.2) is 0 Å². The number of para-hydroxylation sites is 2. The molecule has 0 aliphatic heterocycles. The molecular weight excluding hydrogens is 745 g/mol. The minimum atomic E-state index is -0.331. The molecular formula is C48H21B13N2. The van der Waals surface area contributed by atoms with E-state index in [-0.39, 0.29) is 76.4 Å². The summed E-state index contributed by atoms with van der Waals surface area (Å²) in [7, 11) is 87.1. The Labute approximate surface area is 384 Å². The summed E-state index contributed by atoms with van der Waals surface area (Å²) in [5.74, 6) is 0.402. The van der Waals surface area contributed by atoms with E-state index in [9.17, 15) is 0 Å². The lowest BCUT2D eigenvalue weighted by atomic mass is 9.59. The maximum atomic E-state index is 7.08. The molecule has 8 aromatic carbocycles. The van der Waals surface area contributed by atoms with Crippen LogP contribution in [0.4, 0.5) is 0 Å². The largest absolute Gasteiger partial charge is 0.292 e. The van der Waals surface area contributed by atoms with Crippen LogP contribution in [0.2, 0.25) is 0 Å². The van der Waals surface area contributed by atoms with E-state index in [4.69, 9.17) is 107 Å². The standard InChI is InChI=1S/C48H21B13N2/c1-48(2)23-8-4-3-7-21(23)22-16-13-19(17-24(22)48)28-31-29(34(49)40(55)42(57)36(31)51)27(30-32(28)37(52)43(58)41(56)35(30)50)18-11-14-20(15-12-18)63-26-10-6-5-9-25(26)62-47(63)33-38(53)44(59)46(61)45(60)39(33)54/h3-17H,1-2H3. The average Bonchev–Trinajstić information content (AvgIpc) is 3.78. The molecule has 0 amide bonds. The van der Waals surface area contributed by atoms with Gasteiger partial charge in [0.1, 0.15) is 108 Å². The molecule has 63 heavy (non-hydrogen) atoms. The van der Waals surface area contributed by atoms with Gasteiger partial charge in [-0.3, -0.25) is 4.57 Å². The number of aromatic nitrogens is 2. The van der Waals surface area contributed by atoms with Gasteiger partial charge in [0, 0.05) is 16.7 Å². The monoisotopic (exact) mass is 768 g/mol. The third-order valence-corrected chi connectivity index (χ3v) is 13.1. The molecule has 26 radical (unpaired) electrons. The molecule has 0 N–H and O–H groups in total. The average molecular weight is 766 g/mol. The maximum absolute atomic E-state index is 7.08. The highest BCUT2D eigenvalue weighted by atomic mass is 15.1. The molecule has 1 aromatic heterocycles. The number of fused-ring (bicyclic) bond motifs is 6. The lowest BCUT2D eigenvalue weighted by molar-refractivity contribution is 0.660. The minimum absolute atomic E-state index is 0.0985. The first kappa shape index (κ1) is 41.6. The number of rotatable bonds is 4. The second kappa shape index (κ2) is 14.6. The third-order valence-electron chi connectivity index (χ3n) is 13.1. The smallest absolute Gasteiger partial charge is 0.144 e. The van der Waals surface area contributed by atoms with Gasteiger partial charge >= 0.3 is 0 Å². The van der Waals surface area contributed by atoms with Crippen LogP contribution in [0.5, 0.6) is 0 Å². The molecule has 262 valence electrons. The molecule has 1 heterocycles. The summed E-state index contributed by atoms with van der Waals surface area (Å²) < 4.78 is 1.92. The van der Waals surface area contributed by atoms with Gasteiger partial charge in [0.25, 0.3) is 0 Å². The fraction of sp³-hybridized carbons (Fsp3) is 0.0625. The maximum Gasteiger partial charge on any atom is 0.144 e. The SMILES string of the molecule is [B]c1c([B])c([B])c(-c2nc3ccccc3n2-c2ccc(-c3c4c([B])c([B])c([B])c([B])c4c(-c4ccc5c(c4)C(C)(C)c4ccccc4-5)c4c([B])c([B])c([B])c([B])c34)cc2)c([B])c1[B]. The van der Waals surface area contributed by atoms with Crippen LogP contribution in [0.1, 0.15) is 25.0 Å². The van der Waals surface area contributed by atoms with Gasteiger partial charge in [-0.2, -0.15) is 0 Å². The Bertz CT molecular complexity index is 3410. The summed E-state index contributed by atoms with van der Waals surface area (Å²) >= 11 is 0. The molecule has 0 atom stereocenters. The second-order valence-corrected chi connectivity index (χ2v) is 16.7. The molecule has 0 fully saturated rings. The van der Waals surface area contributed by atoms with Gasteiger partial charge in [-0.15, -0.1) is 38.2 Å². The Kier molecular flexibility index (Phi) is 9.62. The van der Waals surface area contributed by atoms with Crippen molar-refractivity contribution in [3.05, 3.63) is 102 Å². The van der Waals surface area contributed by atoms with Gasteiger partial charge in [0.2, 0.25) is 0 Å². The Morgan fingerprint density at radius 1 is 0.397 bits per heavy atom. The van der Waals surface area contributed by atoms with Crippen molar-refractivity contribution in [3.63, 3.8) is 0 Å². The highest BCUT2D eigenvalue weighted by molar-refractivity contribution is 6.72. The first-order valence-electron chi connectivity index (χ1n) is 20.1. The number of imidazole rings is 1. The van der Waals surface area contributed by atoms with Crippen LogP contribution in [0.25, 0.3) is 83.0 Å². The summed E-state index contributed by atoms with van der Waals surface area (Å²) in [6, 6.07) is 30.0. The molecule has 15 heteroatoms. The van der Waals surface area contributed by atoms with Crippen molar-refractivity contribution in [2.75, 3.05) is 0 Å². The predicted molar refractivity (Wildman–Crippen MR) is 280 cm³/mol. The van der Waals surface area contributed by atoms with Crippen molar-refractivity contribution < 1.29 is 0 Å². The Morgan fingerprint density at radius 3 is 1.38 bits per heavy atom. The molecule has 0 saturated carbocycles. The van der Waals surface area contributed by atoms with E-state index in [1.54, 1.807) is 0 Å². The Balaban J connectivity index is 1.29. The fourth-order valence-electron chi connectivity index (χ4n) is 9.71. The Hall–Kier alpha value is -5.41. The summed E-state index contributed by atoms with van der Waals surface area (Å²) in [6.07, 6.45) is 0. The van der Waals surface area contributed by atoms with Crippen molar-refractivity contribution in [1.29, 1.82) is 0 Å². The first-order valence-corrected chi connectivity index (χ1v) is 20.1. The highest BCUT2D eigenvalue weighted by Gasteiger charge is 2.36. The summed E-state index contributed by atoms with van der Waals surface area (Å²) in [6.45, 7) is 4.42. The first-order chi connectivity index (χ1) is 30.0. The van der Waals surface area contributed by atoms with Crippen LogP contribution >= 0.6 is 0 Å². The topological polar surface area (TPSA) is 17.8 Å². The molecule has 1 aliphatic rings. The van der Waals surface area contributed by atoms with Gasteiger partial charge in [-0.05, 0) is 96.4 Å². The molecule has 2 nitrogen and oxygen atoms in total. The molecule has 0 bridgehead atoms. The lowest BCUT2D eigenvalue weighted by Crippen LogP contribution is -2.55. The zero-order valence-corrected chi connectivity index (χ0v) is 34.6. The number of nitrogens with zero attached hydrogens (tertiary/aromatic N) is 2. The molecule has 0 unspecified atom stereocenters. The second-order valence-electron chi connectivity index (χ2n) is 16.7. The highest BCUT2D eigenvalue weighted by Crippen LogP contribution is 2.50. The van der Waals surface area contributed by atoms with E-state index < -0.39 is 0 Å². The van der Waals surface area contributed by atoms with Crippen LogP contribution in [0.15, 0.2) is 91.0 Å². The van der Waals surface area contributed by atoms with Crippen molar-refractivity contribution in [1.82, 2.24) is 9.55 Å². The number of hydrogen-bond donors (Lipinski definition) is 0. The normalized spacial score (nSPS) is 12.9. The van der Waals surface area contributed by atoms with Gasteiger partial charge in [0.05, 0.1) is 11.0 Å². The van der Waals surface area contributed by atoms with E-state index in [1.807, 2.05) is 65.2 Å². The van der Waals surface area contributed by atoms with Gasteiger partial charge < -0.3 is 0 Å². The lowest BCUT2D eigenvalue weighted by Gasteiger charge is -2.29. The van der Waals surface area contributed by atoms with E-state index in [2.05, 4.69) is 44.2 Å². The fourth-order valence-corrected chi connectivity index (χ4v) is 9.71. The Morgan fingerprint density at radius 2 is 0.825 bits per heavy atom. The summed E-state index contributed by atoms with van der Waals surface area (Å²) in [4.78, 5) is 4.95. The van der Waals surface area contributed by atoms with E-state index in [1.165, 1.54) is 11.1 Å². The van der Waals surface area contributed by atoms with Gasteiger partial charge in [-0.25, -0.2) is 4.98 Å². The zero-order valence-electron chi connectivity index (χ0n) is 34.6. The zero-order chi connectivity index (χ0) is 44.7. The third kappa shape index (κ3) is 5.73. The van der Waals surface area contributed by atoms with E-state index in [0.717, 1.165) is 22.2 Å². The molecule has 0 saturated heterocycles. The molecule has 1 aliphatic carbocycles. The number of hydrogen-bond acceptors (Lipinski definition) is 1. The van der Waals surface area contributed by atoms with Crippen LogP contribution < -0.4 is 71.0 Å². The minimum Gasteiger partial charge on any atom is -0.292 e. The van der Waals surface area contributed by atoms with Crippen molar-refractivity contribution in [2.24, 2.45) is 0 Å². The van der Waals surface area contributed by atoms with Crippen molar-refractivity contribution in [2.45, 2.75) is 19.3 Å². The van der Waals surface area contributed by atoms with Crippen molar-refractivity contribution in [3.8, 4) is 50.5 Å². The predicted octanol–water partition coefficient (Wildman–Crippen LogP) is -3.04. The summed E-state index contributed by atoms with van der Waals surface area (Å²) in [5.41, 5.74) is 11.4. The van der Waals surface area contributed by atoms with Crippen LogP contribution in [0.3, 0.4) is 0 Å². The van der Waals surface area contributed by atoms with E-state index in [0.29, 0.717) is 60.8 Å². The van der Waals surface area contributed by atoms with Crippen LogP contribution in [-0.4, -0.2) is 112 Å². The number of benzene rings is 8. The molecule has 9 aromatic rings. The van der Waals surface area contributed by atoms with Crippen LogP contribution in [-0.2, 0) is 5.41 Å². The van der Waals surface area contributed by atoms with Gasteiger partial charge in [-0.1, -0.05) is 107 Å². The van der Waals surface area contributed by atoms with E-state index >= 15 is 0 Å². The van der Waals surface area contributed by atoms with Crippen molar-refractivity contribution >= 4 is 206 Å². The summed E-state index contributed by atoms with van der Waals surface area (Å²) in [5, 5.41) is 2.08. The van der Waals surface area contributed by atoms with Crippen LogP contribution in [0, 0.1) is 0 Å². The molecule has 0 spiro atoms. The molecule has 10 rings (SSSR count).